The number of aliphatic hydroxyl groups excluding tert-OH is 1. The molecule has 0 spiro atoms. The van der Waals surface area contributed by atoms with Crippen LogP contribution in [0.3, 0.4) is 0 Å². The van der Waals surface area contributed by atoms with Gasteiger partial charge in [0, 0.05) is 25.1 Å². The first-order chi connectivity index (χ1) is 9.43. The van der Waals surface area contributed by atoms with Gasteiger partial charge in [0.15, 0.2) is 0 Å². The molecule has 0 heterocycles. The third kappa shape index (κ3) is 4.99. The van der Waals surface area contributed by atoms with E-state index >= 15 is 0 Å². The second-order valence-corrected chi connectivity index (χ2v) is 4.81. The van der Waals surface area contributed by atoms with Crippen molar-refractivity contribution in [3.05, 3.63) is 35.4 Å². The molecule has 1 atom stereocenters. The van der Waals surface area contributed by atoms with Crippen LogP contribution in [0.1, 0.15) is 22.3 Å². The van der Waals surface area contributed by atoms with E-state index in [1.54, 1.807) is 12.1 Å². The number of amides is 1. The lowest BCUT2D eigenvalue weighted by molar-refractivity contribution is -0.139. The molecule has 110 valence electrons. The van der Waals surface area contributed by atoms with Gasteiger partial charge < -0.3 is 20.4 Å². The Labute approximate surface area is 118 Å². The molecule has 0 fully saturated rings. The molecule has 1 rings (SSSR count). The molecule has 1 aromatic carbocycles. The Balaban J connectivity index is 2.69. The Kier molecular flexibility index (Phi) is 6.14. The molecule has 0 radical (unpaired) electrons. The standard InChI is InChI=1S/C14H20N2O4/c1-16(2)9-10-3-5-11(6-4-10)13(18)15-12(7-8-17)14(19)20/h3-6,12,17H,7-9H2,1-2H3,(H,15,18)(H,19,20). The van der Waals surface area contributed by atoms with Gasteiger partial charge in [-0.05, 0) is 31.8 Å². The quantitative estimate of drug-likeness (QED) is 0.669. The number of carbonyl (C=O) groups is 2. The van der Waals surface area contributed by atoms with Crippen LogP contribution in [0, 0.1) is 0 Å². The summed E-state index contributed by atoms with van der Waals surface area (Å²) in [6, 6.07) is 5.90. The SMILES string of the molecule is CN(C)Cc1ccc(C(=O)NC(CCO)C(=O)O)cc1. The second kappa shape index (κ2) is 7.62. The fourth-order valence-electron chi connectivity index (χ4n) is 1.75. The van der Waals surface area contributed by atoms with Crippen LogP contribution in [-0.2, 0) is 11.3 Å². The summed E-state index contributed by atoms with van der Waals surface area (Å²) < 4.78 is 0. The zero-order valence-electron chi connectivity index (χ0n) is 11.7. The van der Waals surface area contributed by atoms with Gasteiger partial charge in [-0.1, -0.05) is 12.1 Å². The predicted octanol–water partition coefficient (Wildman–Crippen LogP) is 0.314. The molecule has 1 amide bonds. The Bertz CT molecular complexity index is 457. The largest absolute Gasteiger partial charge is 0.480 e. The van der Waals surface area contributed by atoms with Gasteiger partial charge in [0.2, 0.25) is 0 Å². The summed E-state index contributed by atoms with van der Waals surface area (Å²) in [5.74, 6) is -1.61. The van der Waals surface area contributed by atoms with Gasteiger partial charge in [0.25, 0.3) is 5.91 Å². The minimum atomic E-state index is -1.16. The van der Waals surface area contributed by atoms with Crippen LogP contribution in [-0.4, -0.2) is 53.7 Å². The van der Waals surface area contributed by atoms with Crippen LogP contribution in [0.5, 0.6) is 0 Å². The van der Waals surface area contributed by atoms with Crippen LogP contribution in [0.25, 0.3) is 0 Å². The first-order valence-corrected chi connectivity index (χ1v) is 6.32. The summed E-state index contributed by atoms with van der Waals surface area (Å²) in [6.07, 6.45) is -0.0141. The molecule has 20 heavy (non-hydrogen) atoms. The van der Waals surface area contributed by atoms with Crippen molar-refractivity contribution in [3.63, 3.8) is 0 Å². The molecule has 3 N–H and O–H groups in total. The highest BCUT2D eigenvalue weighted by Gasteiger charge is 2.19. The highest BCUT2D eigenvalue weighted by Crippen LogP contribution is 2.07. The van der Waals surface area contributed by atoms with Gasteiger partial charge in [-0.2, -0.15) is 0 Å². The highest BCUT2D eigenvalue weighted by molar-refractivity contribution is 5.96. The van der Waals surface area contributed by atoms with Crippen molar-refractivity contribution in [3.8, 4) is 0 Å². The minimum Gasteiger partial charge on any atom is -0.480 e. The van der Waals surface area contributed by atoms with Crippen molar-refractivity contribution in [1.82, 2.24) is 10.2 Å². The minimum absolute atomic E-state index is 0.0141. The van der Waals surface area contributed by atoms with Crippen molar-refractivity contribution in [2.24, 2.45) is 0 Å². The third-order valence-corrected chi connectivity index (χ3v) is 2.74. The summed E-state index contributed by atoms with van der Waals surface area (Å²) in [7, 11) is 3.90. The number of hydrogen-bond donors (Lipinski definition) is 3. The van der Waals surface area contributed by atoms with E-state index in [4.69, 9.17) is 10.2 Å². The lowest BCUT2D eigenvalue weighted by Crippen LogP contribution is -2.41. The van der Waals surface area contributed by atoms with E-state index in [0.29, 0.717) is 5.56 Å². The number of hydrogen-bond acceptors (Lipinski definition) is 4. The van der Waals surface area contributed by atoms with Crippen molar-refractivity contribution < 1.29 is 19.8 Å². The topological polar surface area (TPSA) is 89.9 Å². The highest BCUT2D eigenvalue weighted by atomic mass is 16.4. The number of carboxylic acid groups (broad SMARTS) is 1. The van der Waals surface area contributed by atoms with Gasteiger partial charge >= 0.3 is 5.97 Å². The molecule has 6 nitrogen and oxygen atoms in total. The fraction of sp³-hybridized carbons (Fsp3) is 0.429. The zero-order valence-corrected chi connectivity index (χ0v) is 11.7. The Morgan fingerprint density at radius 3 is 2.30 bits per heavy atom. The number of aliphatic carboxylic acids is 1. The smallest absolute Gasteiger partial charge is 0.326 e. The summed E-state index contributed by atoms with van der Waals surface area (Å²) in [6.45, 7) is 0.475. The van der Waals surface area contributed by atoms with E-state index in [0.717, 1.165) is 12.1 Å². The average molecular weight is 280 g/mol. The lowest BCUT2D eigenvalue weighted by atomic mass is 10.1. The molecule has 6 heteroatoms. The van der Waals surface area contributed by atoms with Crippen LogP contribution in [0.15, 0.2) is 24.3 Å². The maximum absolute atomic E-state index is 11.9. The summed E-state index contributed by atoms with van der Waals surface area (Å²) >= 11 is 0. The number of nitrogens with zero attached hydrogens (tertiary/aromatic N) is 1. The number of carbonyl (C=O) groups excluding carboxylic acids is 1. The number of benzene rings is 1. The molecule has 0 aromatic heterocycles. The molecule has 0 bridgehead atoms. The molecule has 1 aromatic rings. The van der Waals surface area contributed by atoms with Crippen molar-refractivity contribution in [2.75, 3.05) is 20.7 Å². The molecule has 0 saturated heterocycles. The first kappa shape index (κ1) is 16.1. The van der Waals surface area contributed by atoms with E-state index in [-0.39, 0.29) is 13.0 Å². The Hall–Kier alpha value is -1.92. The van der Waals surface area contributed by atoms with E-state index in [2.05, 4.69) is 5.32 Å². The zero-order chi connectivity index (χ0) is 15.1. The third-order valence-electron chi connectivity index (χ3n) is 2.74. The summed E-state index contributed by atoms with van der Waals surface area (Å²) in [4.78, 5) is 24.8. The molecule has 0 aliphatic carbocycles. The lowest BCUT2D eigenvalue weighted by Gasteiger charge is -2.14. The molecule has 1 unspecified atom stereocenters. The summed E-state index contributed by atoms with van der Waals surface area (Å²) in [5, 5.41) is 20.1. The van der Waals surface area contributed by atoms with Gasteiger partial charge in [0.1, 0.15) is 6.04 Å². The maximum Gasteiger partial charge on any atom is 0.326 e. The Morgan fingerprint density at radius 1 is 1.25 bits per heavy atom. The number of nitrogens with one attached hydrogen (secondary N) is 1. The maximum atomic E-state index is 11.9. The normalized spacial score (nSPS) is 12.2. The fourth-order valence-corrected chi connectivity index (χ4v) is 1.75. The number of rotatable bonds is 7. The van der Waals surface area contributed by atoms with Crippen LogP contribution in [0.4, 0.5) is 0 Å². The van der Waals surface area contributed by atoms with Gasteiger partial charge in [-0.25, -0.2) is 4.79 Å². The van der Waals surface area contributed by atoms with E-state index in [1.165, 1.54) is 0 Å². The molecule has 0 aliphatic heterocycles. The van der Waals surface area contributed by atoms with Gasteiger partial charge in [-0.3, -0.25) is 4.79 Å². The Morgan fingerprint density at radius 2 is 1.85 bits per heavy atom. The number of carboxylic acids is 1. The van der Waals surface area contributed by atoms with Crippen LogP contribution in [0.2, 0.25) is 0 Å². The van der Waals surface area contributed by atoms with Crippen LogP contribution < -0.4 is 5.32 Å². The molecular weight excluding hydrogens is 260 g/mol. The van der Waals surface area contributed by atoms with Crippen molar-refractivity contribution in [2.45, 2.75) is 19.0 Å². The van der Waals surface area contributed by atoms with Crippen molar-refractivity contribution >= 4 is 11.9 Å². The molecule has 0 aliphatic rings. The van der Waals surface area contributed by atoms with E-state index < -0.39 is 17.9 Å². The predicted molar refractivity (Wildman–Crippen MR) is 74.4 cm³/mol. The van der Waals surface area contributed by atoms with Gasteiger partial charge in [-0.15, -0.1) is 0 Å². The molecule has 0 saturated carbocycles. The number of aliphatic hydroxyl groups is 1. The van der Waals surface area contributed by atoms with Gasteiger partial charge in [0.05, 0.1) is 0 Å². The summed E-state index contributed by atoms with van der Waals surface area (Å²) in [5.41, 5.74) is 1.47. The van der Waals surface area contributed by atoms with E-state index in [1.807, 2.05) is 31.1 Å². The van der Waals surface area contributed by atoms with Crippen LogP contribution >= 0.6 is 0 Å². The second-order valence-electron chi connectivity index (χ2n) is 4.81. The first-order valence-electron chi connectivity index (χ1n) is 6.32. The van der Waals surface area contributed by atoms with Crippen molar-refractivity contribution in [1.29, 1.82) is 0 Å². The van der Waals surface area contributed by atoms with E-state index in [9.17, 15) is 9.59 Å². The monoisotopic (exact) mass is 280 g/mol. The average Bonchev–Trinajstić information content (AvgIpc) is 2.38. The molecular formula is C14H20N2O4.